The lowest BCUT2D eigenvalue weighted by atomic mass is 10.1. The zero-order valence-electron chi connectivity index (χ0n) is 14.7. The van der Waals surface area contributed by atoms with E-state index in [1.54, 1.807) is 62.5 Å². The minimum absolute atomic E-state index is 0.115. The van der Waals surface area contributed by atoms with Crippen molar-refractivity contribution in [2.75, 3.05) is 20.3 Å². The summed E-state index contributed by atoms with van der Waals surface area (Å²) in [5, 5.41) is 0.621. The highest BCUT2D eigenvalue weighted by Crippen LogP contribution is 2.23. The average Bonchev–Trinajstić information content (AvgIpc) is 2.60. The molecule has 5 nitrogen and oxygen atoms in total. The van der Waals surface area contributed by atoms with Crippen molar-refractivity contribution >= 4 is 17.5 Å². The Kier molecular flexibility index (Phi) is 6.79. The standard InChI is InChI=1S/C19H23ClN2O3/c1-19(2,25-17-6-4-16(20)5-7-17)18(23)22(12-13-24-3)14-15-8-10-21-11-9-15/h4-11H,12-14H2,1-3H3. The number of rotatable bonds is 8. The van der Waals surface area contributed by atoms with E-state index in [0.29, 0.717) is 30.5 Å². The maximum atomic E-state index is 13.1. The van der Waals surface area contributed by atoms with E-state index in [1.807, 2.05) is 12.1 Å². The van der Waals surface area contributed by atoms with E-state index in [0.717, 1.165) is 5.56 Å². The zero-order chi connectivity index (χ0) is 18.3. The van der Waals surface area contributed by atoms with Gasteiger partial charge in [0.2, 0.25) is 0 Å². The van der Waals surface area contributed by atoms with E-state index >= 15 is 0 Å². The number of benzene rings is 1. The molecule has 0 fully saturated rings. The predicted octanol–water partition coefficient (Wildman–Crippen LogP) is 3.57. The van der Waals surface area contributed by atoms with E-state index in [4.69, 9.17) is 21.1 Å². The Morgan fingerprint density at radius 3 is 2.40 bits per heavy atom. The van der Waals surface area contributed by atoms with Gasteiger partial charge in [-0.1, -0.05) is 11.6 Å². The molecule has 1 amide bonds. The normalized spacial score (nSPS) is 11.2. The first-order valence-corrected chi connectivity index (χ1v) is 8.42. The molecule has 0 saturated carbocycles. The fourth-order valence-corrected chi connectivity index (χ4v) is 2.51. The van der Waals surface area contributed by atoms with Crippen molar-refractivity contribution in [1.29, 1.82) is 0 Å². The first kappa shape index (κ1) is 19.2. The van der Waals surface area contributed by atoms with E-state index < -0.39 is 5.60 Å². The van der Waals surface area contributed by atoms with Gasteiger partial charge in [-0.15, -0.1) is 0 Å². The molecule has 2 aromatic rings. The summed E-state index contributed by atoms with van der Waals surface area (Å²) in [6.07, 6.45) is 3.42. The van der Waals surface area contributed by atoms with Gasteiger partial charge in [-0.05, 0) is 55.8 Å². The van der Waals surface area contributed by atoms with Crippen LogP contribution in [0.4, 0.5) is 0 Å². The third-order valence-electron chi connectivity index (χ3n) is 3.68. The molecule has 1 heterocycles. The number of nitrogens with zero attached hydrogens (tertiary/aromatic N) is 2. The second-order valence-electron chi connectivity index (χ2n) is 6.14. The minimum atomic E-state index is -1.02. The topological polar surface area (TPSA) is 51.7 Å². The number of hydrogen-bond acceptors (Lipinski definition) is 4. The highest BCUT2D eigenvalue weighted by atomic mass is 35.5. The molecule has 0 N–H and O–H groups in total. The Labute approximate surface area is 153 Å². The molecule has 0 aliphatic rings. The van der Waals surface area contributed by atoms with Crippen LogP contribution in [0.5, 0.6) is 5.75 Å². The van der Waals surface area contributed by atoms with Crippen molar-refractivity contribution in [2.45, 2.75) is 26.0 Å². The summed E-state index contributed by atoms with van der Waals surface area (Å²) in [4.78, 5) is 18.8. The molecule has 0 spiro atoms. The number of pyridine rings is 1. The molecule has 0 saturated heterocycles. The fourth-order valence-electron chi connectivity index (χ4n) is 2.38. The van der Waals surface area contributed by atoms with Crippen LogP contribution >= 0.6 is 11.6 Å². The van der Waals surface area contributed by atoms with Crippen molar-refractivity contribution in [2.24, 2.45) is 0 Å². The molecule has 1 aromatic carbocycles. The number of amides is 1. The molecule has 0 atom stereocenters. The molecule has 0 bridgehead atoms. The van der Waals surface area contributed by atoms with Crippen molar-refractivity contribution < 1.29 is 14.3 Å². The van der Waals surface area contributed by atoms with E-state index in [-0.39, 0.29) is 5.91 Å². The summed E-state index contributed by atoms with van der Waals surface area (Å²) in [7, 11) is 1.62. The number of ether oxygens (including phenoxy) is 2. The second kappa shape index (κ2) is 8.83. The Hall–Kier alpha value is -2.11. The lowest BCUT2D eigenvalue weighted by Gasteiger charge is -2.32. The van der Waals surface area contributed by atoms with Crippen LogP contribution < -0.4 is 4.74 Å². The molecule has 0 aliphatic heterocycles. The summed E-state index contributed by atoms with van der Waals surface area (Å²) >= 11 is 5.89. The van der Waals surface area contributed by atoms with Gasteiger partial charge >= 0.3 is 0 Å². The molecule has 6 heteroatoms. The fraction of sp³-hybridized carbons (Fsp3) is 0.368. The van der Waals surface area contributed by atoms with Gasteiger partial charge in [-0.3, -0.25) is 9.78 Å². The van der Waals surface area contributed by atoms with Gasteiger partial charge in [0.1, 0.15) is 5.75 Å². The highest BCUT2D eigenvalue weighted by molar-refractivity contribution is 6.30. The van der Waals surface area contributed by atoms with Crippen LogP contribution in [0.1, 0.15) is 19.4 Å². The van der Waals surface area contributed by atoms with Crippen LogP contribution in [0.15, 0.2) is 48.8 Å². The third-order valence-corrected chi connectivity index (χ3v) is 3.93. The van der Waals surface area contributed by atoms with Crippen LogP contribution in [0.2, 0.25) is 5.02 Å². The summed E-state index contributed by atoms with van der Waals surface area (Å²) in [5.74, 6) is 0.481. The number of halogens is 1. The van der Waals surface area contributed by atoms with Gasteiger partial charge < -0.3 is 14.4 Å². The quantitative estimate of drug-likeness (QED) is 0.720. The number of aromatic nitrogens is 1. The van der Waals surface area contributed by atoms with Crippen LogP contribution in [-0.2, 0) is 16.1 Å². The lowest BCUT2D eigenvalue weighted by Crippen LogP contribution is -2.49. The number of carbonyl (C=O) groups excluding carboxylic acids is 1. The van der Waals surface area contributed by atoms with E-state index in [9.17, 15) is 4.79 Å². The summed E-state index contributed by atoms with van der Waals surface area (Å²) in [6, 6.07) is 10.7. The molecule has 25 heavy (non-hydrogen) atoms. The van der Waals surface area contributed by atoms with Crippen molar-refractivity contribution in [3.8, 4) is 5.75 Å². The maximum Gasteiger partial charge on any atom is 0.266 e. The van der Waals surface area contributed by atoms with Crippen molar-refractivity contribution in [1.82, 2.24) is 9.88 Å². The van der Waals surface area contributed by atoms with Gasteiger partial charge in [-0.25, -0.2) is 0 Å². The highest BCUT2D eigenvalue weighted by Gasteiger charge is 2.34. The zero-order valence-corrected chi connectivity index (χ0v) is 15.5. The van der Waals surface area contributed by atoms with Gasteiger partial charge in [-0.2, -0.15) is 0 Å². The van der Waals surface area contributed by atoms with Crippen LogP contribution in [0.25, 0.3) is 0 Å². The first-order valence-electron chi connectivity index (χ1n) is 8.04. The van der Waals surface area contributed by atoms with Gasteiger partial charge in [0.05, 0.1) is 6.61 Å². The molecule has 0 aliphatic carbocycles. The monoisotopic (exact) mass is 362 g/mol. The molecule has 134 valence electrons. The molecule has 2 rings (SSSR count). The van der Waals surface area contributed by atoms with Gasteiger partial charge in [0.15, 0.2) is 5.60 Å². The minimum Gasteiger partial charge on any atom is -0.478 e. The van der Waals surface area contributed by atoms with Crippen LogP contribution in [0.3, 0.4) is 0 Å². The summed E-state index contributed by atoms with van der Waals surface area (Å²) in [6.45, 7) is 4.92. The molecular formula is C19H23ClN2O3. The first-order chi connectivity index (χ1) is 11.9. The molecular weight excluding hydrogens is 340 g/mol. The molecule has 1 aromatic heterocycles. The van der Waals surface area contributed by atoms with E-state index in [1.165, 1.54) is 0 Å². The van der Waals surface area contributed by atoms with E-state index in [2.05, 4.69) is 4.98 Å². The number of methoxy groups -OCH3 is 1. The van der Waals surface area contributed by atoms with Crippen LogP contribution in [-0.4, -0.2) is 41.7 Å². The predicted molar refractivity (Wildman–Crippen MR) is 97.7 cm³/mol. The molecule has 0 unspecified atom stereocenters. The van der Waals surface area contributed by atoms with Crippen LogP contribution in [0, 0.1) is 0 Å². The maximum absolute atomic E-state index is 13.1. The summed E-state index contributed by atoms with van der Waals surface area (Å²) < 4.78 is 11.1. The Morgan fingerprint density at radius 1 is 1.16 bits per heavy atom. The largest absolute Gasteiger partial charge is 0.478 e. The third kappa shape index (κ3) is 5.73. The van der Waals surface area contributed by atoms with Gasteiger partial charge in [0.25, 0.3) is 5.91 Å². The Bertz CT molecular complexity index is 675. The number of carbonyl (C=O) groups is 1. The Balaban J connectivity index is 2.13. The summed E-state index contributed by atoms with van der Waals surface area (Å²) in [5.41, 5.74) is -0.0176. The molecule has 0 radical (unpaired) electrons. The van der Waals surface area contributed by atoms with Crippen molar-refractivity contribution in [3.05, 3.63) is 59.4 Å². The second-order valence-corrected chi connectivity index (χ2v) is 6.58. The number of hydrogen-bond donors (Lipinski definition) is 0. The van der Waals surface area contributed by atoms with Crippen molar-refractivity contribution in [3.63, 3.8) is 0 Å². The smallest absolute Gasteiger partial charge is 0.266 e. The average molecular weight is 363 g/mol. The van der Waals surface area contributed by atoms with Gasteiger partial charge in [0, 0.05) is 37.6 Å². The lowest BCUT2D eigenvalue weighted by molar-refractivity contribution is -0.146. The Morgan fingerprint density at radius 2 is 1.80 bits per heavy atom. The SMILES string of the molecule is COCCN(Cc1ccncc1)C(=O)C(C)(C)Oc1ccc(Cl)cc1.